The number of amides is 3. The molecule has 1 aliphatic rings. The van der Waals surface area contributed by atoms with Gasteiger partial charge in [-0.2, -0.15) is 0 Å². The van der Waals surface area contributed by atoms with E-state index in [1.54, 1.807) is 48.5 Å². The summed E-state index contributed by atoms with van der Waals surface area (Å²) < 4.78 is 0. The Bertz CT molecular complexity index is 741. The first-order valence-corrected chi connectivity index (χ1v) is 6.92. The van der Waals surface area contributed by atoms with Gasteiger partial charge in [-0.25, -0.2) is 0 Å². The Morgan fingerprint density at radius 2 is 1.68 bits per heavy atom. The summed E-state index contributed by atoms with van der Waals surface area (Å²) in [5, 5.41) is 2.67. The third-order valence-corrected chi connectivity index (χ3v) is 3.49. The number of para-hydroxylation sites is 1. The van der Waals surface area contributed by atoms with Gasteiger partial charge in [-0.15, -0.1) is 0 Å². The van der Waals surface area contributed by atoms with Gasteiger partial charge in [-0.3, -0.25) is 19.3 Å². The average molecular weight is 294 g/mol. The molecule has 0 bridgehead atoms. The number of nitrogens with one attached hydrogen (secondary N) is 1. The number of hydrogen-bond acceptors (Lipinski definition) is 3. The van der Waals surface area contributed by atoms with E-state index in [1.165, 1.54) is 0 Å². The zero-order valence-corrected chi connectivity index (χ0v) is 11.8. The molecular weight excluding hydrogens is 280 g/mol. The van der Waals surface area contributed by atoms with E-state index in [0.717, 1.165) is 4.90 Å². The third kappa shape index (κ3) is 2.74. The van der Waals surface area contributed by atoms with E-state index in [2.05, 4.69) is 5.32 Å². The lowest BCUT2D eigenvalue weighted by molar-refractivity contribution is -0.131. The number of benzene rings is 2. The van der Waals surface area contributed by atoms with Gasteiger partial charge >= 0.3 is 0 Å². The number of hydrogen-bond donors (Lipinski definition) is 1. The molecule has 1 N–H and O–H groups in total. The van der Waals surface area contributed by atoms with E-state index in [0.29, 0.717) is 16.8 Å². The highest BCUT2D eigenvalue weighted by Gasteiger charge is 2.31. The lowest BCUT2D eigenvalue weighted by Crippen LogP contribution is -2.46. The van der Waals surface area contributed by atoms with E-state index >= 15 is 0 Å². The second-order valence-electron chi connectivity index (χ2n) is 5.03. The summed E-state index contributed by atoms with van der Waals surface area (Å²) in [6.07, 6.45) is 0.139. The van der Waals surface area contributed by atoms with Gasteiger partial charge in [0.05, 0.1) is 6.42 Å². The summed E-state index contributed by atoms with van der Waals surface area (Å²) in [4.78, 5) is 37.4. The average Bonchev–Trinajstić information content (AvgIpc) is 2.52. The second-order valence-corrected chi connectivity index (χ2v) is 5.03. The highest BCUT2D eigenvalue weighted by atomic mass is 16.2. The Labute approximate surface area is 127 Å². The van der Waals surface area contributed by atoms with Gasteiger partial charge in [0.2, 0.25) is 11.8 Å². The van der Waals surface area contributed by atoms with Gasteiger partial charge in [0.25, 0.3) is 5.91 Å². The van der Waals surface area contributed by atoms with Crippen molar-refractivity contribution in [3.8, 4) is 0 Å². The zero-order chi connectivity index (χ0) is 15.5. The zero-order valence-electron chi connectivity index (χ0n) is 11.8. The molecule has 0 fully saturated rings. The fourth-order valence-electron chi connectivity index (χ4n) is 2.43. The normalized spacial score (nSPS) is 13.7. The highest BCUT2D eigenvalue weighted by molar-refractivity contribution is 6.12. The standard InChI is InChI=1S/C17H14N2O3/c20-15(18-13-7-2-1-3-8-13)11-19-16(21)10-12-6-4-5-9-14(12)17(19)22/h1-9H,10-11H2,(H,18,20). The van der Waals surface area contributed by atoms with Crippen LogP contribution < -0.4 is 5.32 Å². The number of rotatable bonds is 3. The molecule has 0 atom stereocenters. The van der Waals surface area contributed by atoms with Crippen LogP contribution >= 0.6 is 0 Å². The van der Waals surface area contributed by atoms with Gasteiger partial charge < -0.3 is 5.32 Å². The van der Waals surface area contributed by atoms with Crippen LogP contribution in [0.25, 0.3) is 0 Å². The number of carbonyl (C=O) groups excluding carboxylic acids is 3. The maximum absolute atomic E-state index is 12.3. The van der Waals surface area contributed by atoms with E-state index in [1.807, 2.05) is 6.07 Å². The Morgan fingerprint density at radius 1 is 1.00 bits per heavy atom. The van der Waals surface area contributed by atoms with E-state index in [-0.39, 0.29) is 18.9 Å². The predicted molar refractivity (Wildman–Crippen MR) is 81.3 cm³/mol. The molecule has 0 spiro atoms. The van der Waals surface area contributed by atoms with E-state index in [9.17, 15) is 14.4 Å². The Kier molecular flexibility index (Phi) is 3.70. The number of imide groups is 1. The first-order valence-electron chi connectivity index (χ1n) is 6.92. The molecule has 5 heteroatoms. The Balaban J connectivity index is 1.74. The molecule has 1 aliphatic heterocycles. The fraction of sp³-hybridized carbons (Fsp3) is 0.118. The molecule has 0 aliphatic carbocycles. The largest absolute Gasteiger partial charge is 0.325 e. The van der Waals surface area contributed by atoms with Crippen LogP contribution in [0.4, 0.5) is 5.69 Å². The Morgan fingerprint density at radius 3 is 2.45 bits per heavy atom. The molecule has 0 aromatic heterocycles. The lowest BCUT2D eigenvalue weighted by atomic mass is 9.98. The SMILES string of the molecule is O=C(CN1C(=O)Cc2ccccc2C1=O)Nc1ccccc1. The molecule has 22 heavy (non-hydrogen) atoms. The topological polar surface area (TPSA) is 66.5 Å². The van der Waals surface area contributed by atoms with Crippen molar-refractivity contribution in [2.45, 2.75) is 6.42 Å². The number of fused-ring (bicyclic) bond motifs is 1. The van der Waals surface area contributed by atoms with Crippen LogP contribution in [0.1, 0.15) is 15.9 Å². The van der Waals surface area contributed by atoms with Crippen molar-refractivity contribution in [3.63, 3.8) is 0 Å². The smallest absolute Gasteiger partial charge is 0.261 e. The van der Waals surface area contributed by atoms with E-state index in [4.69, 9.17) is 0 Å². The first-order chi connectivity index (χ1) is 10.6. The number of nitrogens with zero attached hydrogens (tertiary/aromatic N) is 1. The number of anilines is 1. The summed E-state index contributed by atoms with van der Waals surface area (Å²) in [7, 11) is 0. The van der Waals surface area contributed by atoms with Crippen molar-refractivity contribution in [3.05, 3.63) is 65.7 Å². The maximum atomic E-state index is 12.3. The third-order valence-electron chi connectivity index (χ3n) is 3.49. The van der Waals surface area contributed by atoms with Crippen molar-refractivity contribution in [2.75, 3.05) is 11.9 Å². The molecule has 0 saturated heterocycles. The molecule has 3 amide bonds. The summed E-state index contributed by atoms with van der Waals surface area (Å²) in [6.45, 7) is -0.277. The summed E-state index contributed by atoms with van der Waals surface area (Å²) in [5.41, 5.74) is 1.82. The molecular formula is C17H14N2O3. The summed E-state index contributed by atoms with van der Waals surface area (Å²) in [6, 6.07) is 15.9. The molecule has 0 unspecified atom stereocenters. The van der Waals surface area contributed by atoms with Crippen LogP contribution in [0, 0.1) is 0 Å². The minimum Gasteiger partial charge on any atom is -0.325 e. The van der Waals surface area contributed by atoms with Crippen molar-refractivity contribution in [2.24, 2.45) is 0 Å². The van der Waals surface area contributed by atoms with Crippen LogP contribution in [-0.4, -0.2) is 29.2 Å². The lowest BCUT2D eigenvalue weighted by Gasteiger charge is -2.26. The van der Waals surface area contributed by atoms with Crippen molar-refractivity contribution in [1.29, 1.82) is 0 Å². The molecule has 5 nitrogen and oxygen atoms in total. The molecule has 0 radical (unpaired) electrons. The van der Waals surface area contributed by atoms with Crippen LogP contribution in [0.5, 0.6) is 0 Å². The van der Waals surface area contributed by atoms with Crippen LogP contribution in [0.15, 0.2) is 54.6 Å². The quantitative estimate of drug-likeness (QED) is 0.879. The fourth-order valence-corrected chi connectivity index (χ4v) is 2.43. The van der Waals surface area contributed by atoms with Crippen LogP contribution in [0.3, 0.4) is 0 Å². The summed E-state index contributed by atoms with van der Waals surface area (Å²) >= 11 is 0. The molecule has 1 heterocycles. The van der Waals surface area contributed by atoms with Crippen molar-refractivity contribution < 1.29 is 14.4 Å². The van der Waals surface area contributed by atoms with Gasteiger partial charge in [-0.05, 0) is 23.8 Å². The van der Waals surface area contributed by atoms with Crippen molar-refractivity contribution >= 4 is 23.4 Å². The molecule has 110 valence electrons. The minimum absolute atomic E-state index is 0.139. The van der Waals surface area contributed by atoms with Crippen LogP contribution in [-0.2, 0) is 16.0 Å². The molecule has 2 aromatic carbocycles. The highest BCUT2D eigenvalue weighted by Crippen LogP contribution is 2.19. The first kappa shape index (κ1) is 14.0. The summed E-state index contributed by atoms with van der Waals surface area (Å²) in [5.74, 6) is -1.17. The molecule has 2 aromatic rings. The van der Waals surface area contributed by atoms with Crippen molar-refractivity contribution in [1.82, 2.24) is 4.90 Å². The van der Waals surface area contributed by atoms with Gasteiger partial charge in [0.1, 0.15) is 6.54 Å². The number of carbonyl (C=O) groups is 3. The second kappa shape index (κ2) is 5.81. The van der Waals surface area contributed by atoms with E-state index < -0.39 is 11.8 Å². The van der Waals surface area contributed by atoms with Crippen LogP contribution in [0.2, 0.25) is 0 Å². The molecule has 3 rings (SSSR count). The molecule has 0 saturated carbocycles. The van der Waals surface area contributed by atoms with Gasteiger partial charge in [0.15, 0.2) is 0 Å². The van der Waals surface area contributed by atoms with Gasteiger partial charge in [0, 0.05) is 11.3 Å². The minimum atomic E-state index is -0.421. The predicted octanol–water partition coefficient (Wildman–Crippen LogP) is 1.85. The monoisotopic (exact) mass is 294 g/mol. The van der Waals surface area contributed by atoms with Gasteiger partial charge in [-0.1, -0.05) is 36.4 Å². The maximum Gasteiger partial charge on any atom is 0.261 e. The Hall–Kier alpha value is -2.95.